The molecule has 0 spiro atoms. The first-order valence-electron chi connectivity index (χ1n) is 9.13. The maximum absolute atomic E-state index is 12.7. The van der Waals surface area contributed by atoms with Gasteiger partial charge in [0.05, 0.1) is 31.7 Å². The summed E-state index contributed by atoms with van der Waals surface area (Å²) in [6.45, 7) is 10.6. The summed E-state index contributed by atoms with van der Waals surface area (Å²) in [6.07, 6.45) is 5.78. The molecule has 1 amide bonds. The Balaban J connectivity index is 1.63. The minimum atomic E-state index is -0.968. The number of rotatable bonds is 6. The molecule has 4 rings (SSSR count). The molecule has 3 aliphatic heterocycles. The number of likely N-dealkylation sites (N-methyl/N-ethyl adjacent to an activating group) is 1. The number of carbonyl (C=O) groups excluding carboxylic acids is 1. The number of hydrogen-bond donors (Lipinski definition) is 2. The van der Waals surface area contributed by atoms with E-state index in [1.807, 2.05) is 17.9 Å². The molecule has 2 N–H and O–H groups in total. The van der Waals surface area contributed by atoms with Crippen LogP contribution in [0, 0.1) is 11.8 Å². The number of amides is 1. The largest absolute Gasteiger partial charge is 0.384 e. The quantitative estimate of drug-likeness (QED) is 0.676. The molecule has 0 saturated carbocycles. The Morgan fingerprint density at radius 1 is 1.60 bits per heavy atom. The van der Waals surface area contributed by atoms with E-state index in [1.165, 1.54) is 4.90 Å². The maximum atomic E-state index is 12.7. The zero-order valence-electron chi connectivity index (χ0n) is 15.5. The van der Waals surface area contributed by atoms with Gasteiger partial charge in [-0.25, -0.2) is 4.68 Å². The zero-order chi connectivity index (χ0) is 18.2. The first kappa shape index (κ1) is 18.1. The van der Waals surface area contributed by atoms with Crippen LogP contribution in [0.2, 0.25) is 0 Å². The van der Waals surface area contributed by atoms with Crippen molar-refractivity contribution in [1.82, 2.24) is 19.9 Å². The fraction of sp³-hybridized carbons (Fsp3) is 0.722. The molecule has 7 heteroatoms. The summed E-state index contributed by atoms with van der Waals surface area (Å²) in [6, 6.07) is 0.462. The molecule has 3 fully saturated rings. The molecule has 0 aromatic carbocycles. The first-order chi connectivity index (χ1) is 11.8. The molecule has 3 aliphatic rings. The smallest absolute Gasteiger partial charge is 0.231 e. The number of fused-ring (bicyclic) bond motifs is 3. The van der Waals surface area contributed by atoms with Gasteiger partial charge in [0, 0.05) is 26.4 Å². The van der Waals surface area contributed by atoms with E-state index in [4.69, 9.17) is 0 Å². The van der Waals surface area contributed by atoms with Crippen LogP contribution in [-0.2, 0) is 16.9 Å². The lowest BCUT2D eigenvalue weighted by Gasteiger charge is -2.46. The Kier molecular flexibility index (Phi) is 4.97. The van der Waals surface area contributed by atoms with E-state index in [2.05, 4.69) is 16.9 Å². The summed E-state index contributed by atoms with van der Waals surface area (Å²) >= 11 is 0. The zero-order valence-corrected chi connectivity index (χ0v) is 15.5. The van der Waals surface area contributed by atoms with Crippen molar-refractivity contribution >= 4 is 5.91 Å². The Hall–Kier alpha value is -1.73. The van der Waals surface area contributed by atoms with Gasteiger partial charge in [-0.15, -0.1) is 11.7 Å². The molecule has 138 valence electrons. The van der Waals surface area contributed by atoms with Crippen molar-refractivity contribution in [2.75, 3.05) is 26.7 Å². The Morgan fingerprint density at radius 2 is 2.36 bits per heavy atom. The van der Waals surface area contributed by atoms with Crippen molar-refractivity contribution < 1.29 is 14.8 Å². The van der Waals surface area contributed by atoms with Gasteiger partial charge < -0.3 is 14.9 Å². The molecule has 25 heavy (non-hydrogen) atoms. The molecular weight excluding hydrogens is 318 g/mol. The summed E-state index contributed by atoms with van der Waals surface area (Å²) in [5.41, 5.74) is -0.373. The number of aliphatic hydroxyl groups is 1. The van der Waals surface area contributed by atoms with E-state index >= 15 is 0 Å². The van der Waals surface area contributed by atoms with Crippen LogP contribution in [0.1, 0.15) is 32.4 Å². The highest BCUT2D eigenvalue weighted by atomic mass is 16.3. The molecule has 7 nitrogen and oxygen atoms in total. The van der Waals surface area contributed by atoms with Crippen LogP contribution in [0.4, 0.5) is 0 Å². The van der Waals surface area contributed by atoms with E-state index in [9.17, 15) is 9.90 Å². The van der Waals surface area contributed by atoms with Crippen molar-refractivity contribution in [1.29, 1.82) is 0 Å². The van der Waals surface area contributed by atoms with Crippen LogP contribution in [0.25, 0.3) is 0 Å². The average Bonchev–Trinajstić information content (AvgIpc) is 3.04. The van der Waals surface area contributed by atoms with E-state index in [0.29, 0.717) is 24.2 Å². The Morgan fingerprint density at radius 3 is 2.92 bits per heavy atom. The average molecular weight is 348 g/mol. The molecule has 0 radical (unpaired) electrons. The van der Waals surface area contributed by atoms with Crippen molar-refractivity contribution in [2.24, 2.45) is 11.8 Å². The number of hydrogen-bond acceptors (Lipinski definition) is 4. The predicted octanol–water partition coefficient (Wildman–Crippen LogP) is -0.557. The molecule has 4 heterocycles. The third kappa shape index (κ3) is 3.77. The maximum Gasteiger partial charge on any atom is 0.231 e. The van der Waals surface area contributed by atoms with Crippen molar-refractivity contribution in [3.05, 3.63) is 24.5 Å². The summed E-state index contributed by atoms with van der Waals surface area (Å²) < 4.78 is 1.84. The minimum absolute atomic E-state index is 0.132. The summed E-state index contributed by atoms with van der Waals surface area (Å²) in [5.74, 6) is 0.845. The monoisotopic (exact) mass is 348 g/mol. The summed E-state index contributed by atoms with van der Waals surface area (Å²) in [5, 5.41) is 18.3. The lowest BCUT2D eigenvalue weighted by molar-refractivity contribution is -0.945. The second-order valence-corrected chi connectivity index (χ2v) is 8.09. The number of nitrogens with one attached hydrogen (secondary N) is 1. The SMILES string of the molecule is C=CCN(C)C(=O)[C@H]1C[NH+]2CC[C@H]1C[C@@H]2Cn1cc(C(C)(C)O)nn1. The first-order valence-corrected chi connectivity index (χ1v) is 9.13. The second-order valence-electron chi connectivity index (χ2n) is 8.09. The summed E-state index contributed by atoms with van der Waals surface area (Å²) in [7, 11) is 1.86. The van der Waals surface area contributed by atoms with Gasteiger partial charge in [0.25, 0.3) is 0 Å². The lowest BCUT2D eigenvalue weighted by atomic mass is 9.75. The second kappa shape index (κ2) is 6.88. The van der Waals surface area contributed by atoms with Crippen LogP contribution < -0.4 is 4.90 Å². The molecule has 1 unspecified atom stereocenters. The molecule has 0 aliphatic carbocycles. The lowest BCUT2D eigenvalue weighted by Crippen LogP contribution is -3.20. The van der Waals surface area contributed by atoms with E-state index in [-0.39, 0.29) is 11.8 Å². The highest BCUT2D eigenvalue weighted by molar-refractivity contribution is 5.79. The number of carbonyl (C=O) groups is 1. The van der Waals surface area contributed by atoms with Crippen molar-refractivity contribution in [2.45, 2.75) is 44.9 Å². The predicted molar refractivity (Wildman–Crippen MR) is 93.8 cm³/mol. The molecule has 4 atom stereocenters. The van der Waals surface area contributed by atoms with E-state index in [1.54, 1.807) is 24.8 Å². The van der Waals surface area contributed by atoms with Gasteiger partial charge in [-0.1, -0.05) is 11.3 Å². The van der Waals surface area contributed by atoms with Gasteiger partial charge in [-0.05, 0) is 19.8 Å². The van der Waals surface area contributed by atoms with Crippen molar-refractivity contribution in [3.63, 3.8) is 0 Å². The van der Waals surface area contributed by atoms with Crippen LogP contribution in [-0.4, -0.2) is 63.6 Å². The van der Waals surface area contributed by atoms with Crippen LogP contribution in [0.5, 0.6) is 0 Å². The van der Waals surface area contributed by atoms with Gasteiger partial charge in [-0.2, -0.15) is 0 Å². The van der Waals surface area contributed by atoms with Gasteiger partial charge in [0.1, 0.15) is 17.3 Å². The highest BCUT2D eigenvalue weighted by Crippen LogP contribution is 2.29. The minimum Gasteiger partial charge on any atom is -0.384 e. The van der Waals surface area contributed by atoms with Gasteiger partial charge in [0.2, 0.25) is 5.91 Å². The van der Waals surface area contributed by atoms with Crippen LogP contribution in [0.3, 0.4) is 0 Å². The van der Waals surface area contributed by atoms with Gasteiger partial charge in [0.15, 0.2) is 0 Å². The topological polar surface area (TPSA) is 75.7 Å². The number of aromatic nitrogens is 3. The Labute approximate surface area is 149 Å². The number of nitrogens with zero attached hydrogens (tertiary/aromatic N) is 4. The molecule has 3 saturated heterocycles. The number of piperidine rings is 3. The summed E-state index contributed by atoms with van der Waals surface area (Å²) in [4.78, 5) is 16.0. The third-order valence-corrected chi connectivity index (χ3v) is 5.72. The standard InChI is InChI=1S/C18H29N5O2/c1-5-7-21(4)17(24)15-11-22-8-6-13(15)9-14(22)10-23-12-16(19-20-23)18(2,3)25/h5,12-15,25H,1,6-11H2,2-4H3/p+1/t13-,14+,15-/m0/s1. The van der Waals surface area contributed by atoms with Gasteiger partial charge in [-0.3, -0.25) is 4.79 Å². The molecule has 1 aromatic heterocycles. The number of quaternary nitrogens is 1. The Bertz CT molecular complexity index is 636. The van der Waals surface area contributed by atoms with Crippen LogP contribution >= 0.6 is 0 Å². The fourth-order valence-corrected chi connectivity index (χ4v) is 4.26. The molecule has 2 bridgehead atoms. The third-order valence-electron chi connectivity index (χ3n) is 5.72. The van der Waals surface area contributed by atoms with Gasteiger partial charge >= 0.3 is 0 Å². The molecule has 1 aromatic rings. The highest BCUT2D eigenvalue weighted by Gasteiger charge is 2.47. The van der Waals surface area contributed by atoms with Crippen LogP contribution in [0.15, 0.2) is 18.9 Å². The van der Waals surface area contributed by atoms with E-state index in [0.717, 1.165) is 32.5 Å². The fourth-order valence-electron chi connectivity index (χ4n) is 4.26. The normalized spacial score (nSPS) is 28.8. The van der Waals surface area contributed by atoms with Crippen molar-refractivity contribution in [3.8, 4) is 0 Å². The van der Waals surface area contributed by atoms with E-state index < -0.39 is 5.60 Å². The molecular formula is C18H30N5O2+.